The molecule has 8 heteroatoms. The highest BCUT2D eigenvalue weighted by Gasteiger charge is 2.18. The quantitative estimate of drug-likeness (QED) is 0.555. The van der Waals surface area contributed by atoms with Crippen LogP contribution in [0.25, 0.3) is 21.7 Å². The van der Waals surface area contributed by atoms with Gasteiger partial charge in [-0.1, -0.05) is 23.5 Å². The van der Waals surface area contributed by atoms with E-state index >= 15 is 0 Å². The van der Waals surface area contributed by atoms with Crippen molar-refractivity contribution in [2.75, 3.05) is 5.32 Å². The maximum absolute atomic E-state index is 9.24. The number of H-pyrrole nitrogens is 1. The Morgan fingerprint density at radius 2 is 2.07 bits per heavy atom. The molecular formula is C19H15N7S. The number of aromatic amines is 1. The zero-order chi connectivity index (χ0) is 18.8. The third-order valence-electron chi connectivity index (χ3n) is 4.01. The van der Waals surface area contributed by atoms with E-state index in [0.29, 0.717) is 16.6 Å². The second-order valence-corrected chi connectivity index (χ2v) is 6.98. The van der Waals surface area contributed by atoms with Crippen LogP contribution in [0.3, 0.4) is 0 Å². The van der Waals surface area contributed by atoms with E-state index < -0.39 is 0 Å². The van der Waals surface area contributed by atoms with Crippen molar-refractivity contribution < 1.29 is 0 Å². The lowest BCUT2D eigenvalue weighted by atomic mass is 10.0. The van der Waals surface area contributed by atoms with Gasteiger partial charge in [0.05, 0.1) is 22.2 Å². The van der Waals surface area contributed by atoms with Gasteiger partial charge >= 0.3 is 0 Å². The molecule has 7 nitrogen and oxygen atoms in total. The molecule has 3 heterocycles. The lowest BCUT2D eigenvalue weighted by Crippen LogP contribution is -1.92. The van der Waals surface area contributed by atoms with Crippen molar-refractivity contribution >= 4 is 22.4 Å². The van der Waals surface area contributed by atoms with E-state index in [-0.39, 0.29) is 0 Å². The highest BCUT2D eigenvalue weighted by Crippen LogP contribution is 2.41. The van der Waals surface area contributed by atoms with Gasteiger partial charge in [-0.15, -0.1) is 5.10 Å². The van der Waals surface area contributed by atoms with Crippen LogP contribution in [0, 0.1) is 25.2 Å². The molecule has 0 aliphatic heterocycles. The van der Waals surface area contributed by atoms with Gasteiger partial charge in [-0.05, 0) is 37.6 Å². The molecule has 27 heavy (non-hydrogen) atoms. The summed E-state index contributed by atoms with van der Waals surface area (Å²) in [5.41, 5.74) is 5.36. The van der Waals surface area contributed by atoms with E-state index in [9.17, 15) is 5.26 Å². The number of rotatable bonds is 4. The third kappa shape index (κ3) is 3.41. The zero-order valence-electron chi connectivity index (χ0n) is 14.7. The Hall–Kier alpha value is -3.57. The summed E-state index contributed by atoms with van der Waals surface area (Å²) < 4.78 is 0. The molecular weight excluding hydrogens is 358 g/mol. The van der Waals surface area contributed by atoms with E-state index in [4.69, 9.17) is 4.98 Å². The van der Waals surface area contributed by atoms with Crippen molar-refractivity contribution in [3.8, 4) is 27.8 Å². The average molecular weight is 373 g/mol. The van der Waals surface area contributed by atoms with Crippen LogP contribution >= 0.6 is 11.3 Å². The van der Waals surface area contributed by atoms with E-state index in [1.807, 2.05) is 38.2 Å². The number of pyridine rings is 1. The number of anilines is 2. The molecule has 132 valence electrons. The molecule has 0 atom stereocenters. The summed E-state index contributed by atoms with van der Waals surface area (Å²) in [4.78, 5) is 14.2. The minimum absolute atomic E-state index is 0.454. The molecule has 3 aromatic heterocycles. The van der Waals surface area contributed by atoms with Crippen molar-refractivity contribution in [1.82, 2.24) is 25.1 Å². The van der Waals surface area contributed by atoms with E-state index in [0.717, 1.165) is 33.0 Å². The first kappa shape index (κ1) is 16.9. The summed E-state index contributed by atoms with van der Waals surface area (Å²) in [5, 5.41) is 19.7. The van der Waals surface area contributed by atoms with Crippen molar-refractivity contribution in [2.24, 2.45) is 0 Å². The third-order valence-corrected chi connectivity index (χ3v) is 5.01. The standard InChI is InChI=1S/C19H15N7S/c1-11-9-21-12(2)6-15(11)17-16(14-5-3-4-13(7-14)8-20)24-19(27-17)25-18-22-10-23-26-18/h3-7,9-10H,1-2H3,(H2,22,23,24,25,26). The molecule has 1 aromatic carbocycles. The first-order valence-electron chi connectivity index (χ1n) is 8.22. The summed E-state index contributed by atoms with van der Waals surface area (Å²) in [6.45, 7) is 3.99. The van der Waals surface area contributed by atoms with Gasteiger partial charge in [0.25, 0.3) is 0 Å². The summed E-state index contributed by atoms with van der Waals surface area (Å²) in [7, 11) is 0. The van der Waals surface area contributed by atoms with Gasteiger partial charge in [0.2, 0.25) is 5.95 Å². The number of hydrogen-bond donors (Lipinski definition) is 2. The molecule has 2 N–H and O–H groups in total. The molecule has 0 spiro atoms. The minimum atomic E-state index is 0.454. The normalized spacial score (nSPS) is 10.6. The smallest absolute Gasteiger partial charge is 0.248 e. The summed E-state index contributed by atoms with van der Waals surface area (Å²) in [6.07, 6.45) is 3.37. The van der Waals surface area contributed by atoms with E-state index in [2.05, 4.69) is 37.6 Å². The van der Waals surface area contributed by atoms with Gasteiger partial charge < -0.3 is 0 Å². The molecule has 0 amide bonds. The van der Waals surface area contributed by atoms with Gasteiger partial charge in [0.15, 0.2) is 5.13 Å². The van der Waals surface area contributed by atoms with Crippen LogP contribution in [0.2, 0.25) is 0 Å². The van der Waals surface area contributed by atoms with Crippen LogP contribution in [0.1, 0.15) is 16.8 Å². The van der Waals surface area contributed by atoms with Crippen LogP contribution in [0.15, 0.2) is 42.9 Å². The SMILES string of the molecule is Cc1cc(-c2sc(Nc3nc[nH]n3)nc2-c2cccc(C#N)c2)c(C)cn1. The number of benzene rings is 1. The average Bonchev–Trinajstić information content (AvgIpc) is 3.34. The molecule has 0 aliphatic rings. The summed E-state index contributed by atoms with van der Waals surface area (Å²) in [6, 6.07) is 11.7. The monoisotopic (exact) mass is 373 g/mol. The van der Waals surface area contributed by atoms with E-state index in [1.165, 1.54) is 17.7 Å². The maximum Gasteiger partial charge on any atom is 0.248 e. The number of aromatic nitrogens is 5. The molecule has 0 bridgehead atoms. The fourth-order valence-electron chi connectivity index (χ4n) is 2.73. The van der Waals surface area contributed by atoms with Crippen molar-refractivity contribution in [2.45, 2.75) is 13.8 Å². The Balaban J connectivity index is 1.88. The van der Waals surface area contributed by atoms with Crippen LogP contribution in [0.4, 0.5) is 11.1 Å². The van der Waals surface area contributed by atoms with Crippen molar-refractivity contribution in [3.63, 3.8) is 0 Å². The molecule has 0 unspecified atom stereocenters. The molecule has 0 radical (unpaired) electrons. The fraction of sp³-hybridized carbons (Fsp3) is 0.105. The number of nitrogens with zero attached hydrogens (tertiary/aromatic N) is 5. The Kier molecular flexibility index (Phi) is 4.36. The largest absolute Gasteiger partial charge is 0.299 e. The number of thiazole rings is 1. The van der Waals surface area contributed by atoms with E-state index in [1.54, 1.807) is 6.07 Å². The van der Waals surface area contributed by atoms with Crippen molar-refractivity contribution in [3.05, 3.63) is 59.7 Å². The zero-order valence-corrected chi connectivity index (χ0v) is 15.5. The predicted molar refractivity (Wildman–Crippen MR) is 105 cm³/mol. The van der Waals surface area contributed by atoms with Gasteiger partial charge in [-0.2, -0.15) is 5.26 Å². The molecule has 4 aromatic rings. The number of aryl methyl sites for hydroxylation is 2. The van der Waals surface area contributed by atoms with Crippen LogP contribution in [-0.2, 0) is 0 Å². The molecule has 0 saturated carbocycles. The Bertz CT molecular complexity index is 1140. The first-order valence-corrected chi connectivity index (χ1v) is 9.03. The molecule has 0 aliphatic carbocycles. The number of hydrogen-bond acceptors (Lipinski definition) is 7. The molecule has 4 rings (SSSR count). The number of nitrogens with one attached hydrogen (secondary N) is 2. The van der Waals surface area contributed by atoms with Crippen LogP contribution in [0.5, 0.6) is 0 Å². The van der Waals surface area contributed by atoms with Gasteiger partial charge in [0.1, 0.15) is 6.33 Å². The Labute approximate surface area is 159 Å². The second-order valence-electron chi connectivity index (χ2n) is 5.98. The Morgan fingerprint density at radius 3 is 2.85 bits per heavy atom. The molecule has 0 saturated heterocycles. The Morgan fingerprint density at radius 1 is 1.19 bits per heavy atom. The fourth-order valence-corrected chi connectivity index (χ4v) is 3.79. The van der Waals surface area contributed by atoms with Crippen molar-refractivity contribution in [1.29, 1.82) is 5.26 Å². The lowest BCUT2D eigenvalue weighted by molar-refractivity contribution is 1.09. The predicted octanol–water partition coefficient (Wildman–Crippen LogP) is 4.22. The minimum Gasteiger partial charge on any atom is -0.299 e. The topological polar surface area (TPSA) is 103 Å². The highest BCUT2D eigenvalue weighted by molar-refractivity contribution is 7.19. The second kappa shape index (κ2) is 6.97. The number of nitriles is 1. The maximum atomic E-state index is 9.24. The lowest BCUT2D eigenvalue weighted by Gasteiger charge is -2.07. The summed E-state index contributed by atoms with van der Waals surface area (Å²) >= 11 is 1.52. The molecule has 0 fully saturated rings. The summed E-state index contributed by atoms with van der Waals surface area (Å²) in [5.74, 6) is 0.454. The van der Waals surface area contributed by atoms with Gasteiger partial charge in [-0.3, -0.25) is 15.4 Å². The first-order chi connectivity index (χ1) is 13.1. The highest BCUT2D eigenvalue weighted by atomic mass is 32.1. The van der Waals surface area contributed by atoms with Crippen LogP contribution in [-0.4, -0.2) is 25.1 Å². The van der Waals surface area contributed by atoms with Gasteiger partial charge in [0, 0.05) is 23.0 Å². The van der Waals surface area contributed by atoms with Crippen LogP contribution < -0.4 is 5.32 Å². The van der Waals surface area contributed by atoms with Gasteiger partial charge in [-0.25, -0.2) is 9.97 Å².